The summed E-state index contributed by atoms with van der Waals surface area (Å²) in [4.78, 5) is 0. The van der Waals surface area contributed by atoms with Gasteiger partial charge in [0.15, 0.2) is 0 Å². The molecule has 0 aliphatic heterocycles. The van der Waals surface area contributed by atoms with E-state index in [4.69, 9.17) is 10.5 Å². The average molecular weight is 310 g/mol. The summed E-state index contributed by atoms with van der Waals surface area (Å²) < 4.78 is 8.61. The highest BCUT2D eigenvalue weighted by molar-refractivity contribution is 9.10. The molecular weight excluding hydrogens is 294 g/mol. The molecule has 18 heavy (non-hydrogen) atoms. The molecule has 5 heteroatoms. The van der Waals surface area contributed by atoms with Crippen LogP contribution in [0, 0.1) is 0 Å². The van der Waals surface area contributed by atoms with Gasteiger partial charge in [-0.3, -0.25) is 4.68 Å². The van der Waals surface area contributed by atoms with Gasteiger partial charge in [0.2, 0.25) is 0 Å². The van der Waals surface area contributed by atoms with Gasteiger partial charge in [-0.25, -0.2) is 0 Å². The highest BCUT2D eigenvalue weighted by Gasteiger charge is 2.08. The van der Waals surface area contributed by atoms with Crippen LogP contribution in [-0.4, -0.2) is 16.4 Å². The van der Waals surface area contributed by atoms with Crippen molar-refractivity contribution in [2.45, 2.75) is 19.5 Å². The van der Waals surface area contributed by atoms with Crippen molar-refractivity contribution in [3.8, 4) is 5.75 Å². The van der Waals surface area contributed by atoms with E-state index < -0.39 is 0 Å². The van der Waals surface area contributed by atoms with Gasteiger partial charge in [0.05, 0.1) is 6.54 Å². The van der Waals surface area contributed by atoms with Gasteiger partial charge in [0, 0.05) is 28.5 Å². The maximum absolute atomic E-state index is 5.93. The van der Waals surface area contributed by atoms with Crippen LogP contribution in [0.15, 0.2) is 41.1 Å². The van der Waals surface area contributed by atoms with Crippen molar-refractivity contribution < 1.29 is 4.74 Å². The summed E-state index contributed by atoms with van der Waals surface area (Å²) in [6.07, 6.45) is 3.67. The lowest BCUT2D eigenvalue weighted by atomic mass is 10.1. The first-order valence-electron chi connectivity index (χ1n) is 5.82. The molecule has 0 amide bonds. The van der Waals surface area contributed by atoms with Crippen molar-refractivity contribution in [2.75, 3.05) is 6.61 Å². The number of nitrogens with zero attached hydrogens (tertiary/aromatic N) is 2. The monoisotopic (exact) mass is 309 g/mol. The van der Waals surface area contributed by atoms with E-state index in [1.54, 1.807) is 6.20 Å². The molecule has 1 atom stereocenters. The molecule has 0 aliphatic carbocycles. The fourth-order valence-electron chi connectivity index (χ4n) is 1.69. The normalized spacial score (nSPS) is 12.4. The second kappa shape index (κ2) is 6.02. The molecular formula is C13H16BrN3O. The Balaban J connectivity index is 2.00. The first kappa shape index (κ1) is 13.1. The zero-order chi connectivity index (χ0) is 13.0. The van der Waals surface area contributed by atoms with Crippen LogP contribution in [0.3, 0.4) is 0 Å². The highest BCUT2D eigenvalue weighted by Crippen LogP contribution is 2.27. The zero-order valence-electron chi connectivity index (χ0n) is 10.2. The zero-order valence-corrected chi connectivity index (χ0v) is 11.8. The van der Waals surface area contributed by atoms with E-state index in [1.165, 1.54) is 0 Å². The minimum atomic E-state index is -0.0535. The number of aromatic nitrogens is 2. The number of halogens is 1. The average Bonchev–Trinajstić information content (AvgIpc) is 2.84. The fourth-order valence-corrected chi connectivity index (χ4v) is 2.07. The van der Waals surface area contributed by atoms with Gasteiger partial charge < -0.3 is 10.5 Å². The lowest BCUT2D eigenvalue weighted by Gasteiger charge is -2.14. The standard InChI is InChI=1S/C13H16BrN3O/c1-10(15)12-9-11(14)3-4-13(12)18-8-7-17-6-2-5-16-17/h2-6,9-10H,7-8,15H2,1H3. The summed E-state index contributed by atoms with van der Waals surface area (Å²) >= 11 is 3.44. The highest BCUT2D eigenvalue weighted by atomic mass is 79.9. The van der Waals surface area contributed by atoms with Crippen LogP contribution in [0.5, 0.6) is 5.75 Å². The number of nitrogens with two attached hydrogens (primary N) is 1. The Kier molecular flexibility index (Phi) is 4.38. The van der Waals surface area contributed by atoms with Crippen LogP contribution >= 0.6 is 15.9 Å². The summed E-state index contributed by atoms with van der Waals surface area (Å²) in [5.74, 6) is 0.834. The van der Waals surface area contributed by atoms with Crippen LogP contribution in [0.2, 0.25) is 0 Å². The quantitative estimate of drug-likeness (QED) is 0.924. The van der Waals surface area contributed by atoms with Crippen LogP contribution in [0.4, 0.5) is 0 Å². The second-order valence-corrected chi connectivity index (χ2v) is 5.00. The van der Waals surface area contributed by atoms with Gasteiger partial charge in [-0.1, -0.05) is 15.9 Å². The number of ether oxygens (including phenoxy) is 1. The predicted molar refractivity (Wildman–Crippen MR) is 74.5 cm³/mol. The molecule has 96 valence electrons. The van der Waals surface area contributed by atoms with Crippen LogP contribution in [-0.2, 0) is 6.54 Å². The SMILES string of the molecule is CC(N)c1cc(Br)ccc1OCCn1cccn1. The van der Waals surface area contributed by atoms with Crippen molar-refractivity contribution in [3.05, 3.63) is 46.7 Å². The molecule has 0 saturated carbocycles. The lowest BCUT2D eigenvalue weighted by molar-refractivity contribution is 0.287. The van der Waals surface area contributed by atoms with Crippen molar-refractivity contribution in [2.24, 2.45) is 5.73 Å². The molecule has 2 N–H and O–H groups in total. The predicted octanol–water partition coefficient (Wildman–Crippen LogP) is 2.74. The van der Waals surface area contributed by atoms with E-state index in [9.17, 15) is 0 Å². The largest absolute Gasteiger partial charge is 0.491 e. The molecule has 1 aromatic carbocycles. The third-order valence-electron chi connectivity index (χ3n) is 2.60. The summed E-state index contributed by atoms with van der Waals surface area (Å²) in [5, 5.41) is 4.12. The molecule has 0 bridgehead atoms. The Bertz CT molecular complexity index is 497. The summed E-state index contributed by atoms with van der Waals surface area (Å²) in [7, 11) is 0. The van der Waals surface area contributed by atoms with E-state index in [0.29, 0.717) is 6.61 Å². The summed E-state index contributed by atoms with van der Waals surface area (Å²) in [5.41, 5.74) is 6.94. The van der Waals surface area contributed by atoms with E-state index in [-0.39, 0.29) is 6.04 Å². The van der Waals surface area contributed by atoms with E-state index in [1.807, 2.05) is 42.1 Å². The molecule has 1 heterocycles. The van der Waals surface area contributed by atoms with Crippen molar-refractivity contribution in [1.82, 2.24) is 9.78 Å². The third kappa shape index (κ3) is 3.34. The van der Waals surface area contributed by atoms with Crippen LogP contribution in [0.25, 0.3) is 0 Å². The maximum Gasteiger partial charge on any atom is 0.124 e. The maximum atomic E-state index is 5.93. The van der Waals surface area contributed by atoms with Crippen molar-refractivity contribution >= 4 is 15.9 Å². The van der Waals surface area contributed by atoms with Gasteiger partial charge in [-0.2, -0.15) is 5.10 Å². The van der Waals surface area contributed by atoms with E-state index in [2.05, 4.69) is 21.0 Å². The third-order valence-corrected chi connectivity index (χ3v) is 3.09. The van der Waals surface area contributed by atoms with Crippen LogP contribution in [0.1, 0.15) is 18.5 Å². The molecule has 0 radical (unpaired) electrons. The van der Waals surface area contributed by atoms with Gasteiger partial charge in [0.25, 0.3) is 0 Å². The first-order chi connectivity index (χ1) is 8.66. The number of rotatable bonds is 5. The van der Waals surface area contributed by atoms with Crippen LogP contribution < -0.4 is 10.5 Å². The molecule has 4 nitrogen and oxygen atoms in total. The molecule has 0 fully saturated rings. The Labute approximate surface area is 115 Å². The molecule has 2 aromatic rings. The van der Waals surface area contributed by atoms with Gasteiger partial charge in [-0.05, 0) is 31.2 Å². The number of hydrogen-bond acceptors (Lipinski definition) is 3. The number of benzene rings is 1. The minimum Gasteiger partial charge on any atom is -0.491 e. The second-order valence-electron chi connectivity index (χ2n) is 4.09. The molecule has 1 aromatic heterocycles. The molecule has 0 saturated heterocycles. The fraction of sp³-hybridized carbons (Fsp3) is 0.308. The van der Waals surface area contributed by atoms with Crippen molar-refractivity contribution in [1.29, 1.82) is 0 Å². The van der Waals surface area contributed by atoms with Gasteiger partial charge in [-0.15, -0.1) is 0 Å². The Morgan fingerprint density at radius 1 is 1.50 bits per heavy atom. The molecule has 2 rings (SSSR count). The Morgan fingerprint density at radius 2 is 2.33 bits per heavy atom. The smallest absolute Gasteiger partial charge is 0.124 e. The molecule has 0 spiro atoms. The van der Waals surface area contributed by atoms with E-state index in [0.717, 1.165) is 22.3 Å². The molecule has 0 aliphatic rings. The van der Waals surface area contributed by atoms with Crippen molar-refractivity contribution in [3.63, 3.8) is 0 Å². The lowest BCUT2D eigenvalue weighted by Crippen LogP contribution is -2.12. The summed E-state index contributed by atoms with van der Waals surface area (Å²) in [6.45, 7) is 3.24. The first-order valence-corrected chi connectivity index (χ1v) is 6.61. The number of hydrogen-bond donors (Lipinski definition) is 1. The summed E-state index contributed by atoms with van der Waals surface area (Å²) in [6, 6.07) is 7.73. The van der Waals surface area contributed by atoms with E-state index >= 15 is 0 Å². The van der Waals surface area contributed by atoms with Gasteiger partial charge in [0.1, 0.15) is 12.4 Å². The Hall–Kier alpha value is -1.33. The topological polar surface area (TPSA) is 53.1 Å². The van der Waals surface area contributed by atoms with Gasteiger partial charge >= 0.3 is 0 Å². The minimum absolute atomic E-state index is 0.0535. The molecule has 1 unspecified atom stereocenters. The Morgan fingerprint density at radius 3 is 3.00 bits per heavy atom.